The molecule has 28 heavy (non-hydrogen) atoms. The van der Waals surface area contributed by atoms with Gasteiger partial charge in [0.15, 0.2) is 0 Å². The number of anilines is 1. The van der Waals surface area contributed by atoms with Crippen molar-refractivity contribution in [1.82, 2.24) is 4.90 Å². The van der Waals surface area contributed by atoms with Crippen LogP contribution in [0.15, 0.2) is 48.5 Å². The molecule has 1 amide bonds. The Morgan fingerprint density at radius 3 is 2.57 bits per heavy atom. The first kappa shape index (κ1) is 19.7. The van der Waals surface area contributed by atoms with E-state index in [0.29, 0.717) is 43.3 Å². The summed E-state index contributed by atoms with van der Waals surface area (Å²) in [6.07, 6.45) is 0.238. The van der Waals surface area contributed by atoms with Gasteiger partial charge in [0.1, 0.15) is 12.4 Å². The molecule has 0 spiro atoms. The average Bonchev–Trinajstić information content (AvgIpc) is 2.74. The van der Waals surface area contributed by atoms with Gasteiger partial charge in [-0.1, -0.05) is 30.3 Å². The first-order valence-electron chi connectivity index (χ1n) is 9.22. The fourth-order valence-electron chi connectivity index (χ4n) is 2.81. The van der Waals surface area contributed by atoms with Crippen LogP contribution in [0.25, 0.3) is 0 Å². The molecule has 0 radical (unpaired) electrons. The summed E-state index contributed by atoms with van der Waals surface area (Å²) in [7, 11) is 0. The molecule has 2 aromatic rings. The van der Waals surface area contributed by atoms with Gasteiger partial charge in [-0.25, -0.2) is 4.79 Å². The van der Waals surface area contributed by atoms with Gasteiger partial charge in [-0.3, -0.25) is 4.79 Å². The van der Waals surface area contributed by atoms with E-state index in [0.717, 1.165) is 5.56 Å². The topological polar surface area (TPSA) is 91.1 Å². The number of amides is 1. The first-order valence-corrected chi connectivity index (χ1v) is 9.22. The van der Waals surface area contributed by atoms with E-state index in [1.807, 2.05) is 30.3 Å². The first-order chi connectivity index (χ1) is 13.6. The molecule has 1 aliphatic rings. The van der Waals surface area contributed by atoms with E-state index in [1.54, 1.807) is 23.1 Å². The van der Waals surface area contributed by atoms with Crippen LogP contribution in [0.5, 0.6) is 5.75 Å². The summed E-state index contributed by atoms with van der Waals surface area (Å²) in [6.45, 7) is 2.70. The minimum atomic E-state index is -0.460. The second-order valence-electron chi connectivity index (χ2n) is 6.41. The summed E-state index contributed by atoms with van der Waals surface area (Å²) in [6, 6.07) is 14.2. The SMILES string of the molecule is Nc1ccc(C(=O)OCc2ccccc2)cc1OCCC(=O)N1CCOCC1. The van der Waals surface area contributed by atoms with Crippen LogP contribution >= 0.6 is 0 Å². The smallest absolute Gasteiger partial charge is 0.338 e. The summed E-state index contributed by atoms with van der Waals surface area (Å²) in [5, 5.41) is 0. The molecule has 0 bridgehead atoms. The maximum absolute atomic E-state index is 12.3. The van der Waals surface area contributed by atoms with Crippen LogP contribution in [-0.2, 0) is 20.9 Å². The number of morpholine rings is 1. The summed E-state index contributed by atoms with van der Waals surface area (Å²) in [4.78, 5) is 26.2. The molecule has 1 aliphatic heterocycles. The zero-order valence-electron chi connectivity index (χ0n) is 15.6. The van der Waals surface area contributed by atoms with Gasteiger partial charge in [0, 0.05) is 13.1 Å². The van der Waals surface area contributed by atoms with Gasteiger partial charge in [-0.15, -0.1) is 0 Å². The fraction of sp³-hybridized carbons (Fsp3) is 0.333. The van der Waals surface area contributed by atoms with Gasteiger partial charge in [-0.05, 0) is 23.8 Å². The Morgan fingerprint density at radius 2 is 1.82 bits per heavy atom. The third-order valence-corrected chi connectivity index (χ3v) is 4.40. The summed E-state index contributed by atoms with van der Waals surface area (Å²) in [5.74, 6) is -0.0812. The highest BCUT2D eigenvalue weighted by atomic mass is 16.5. The second-order valence-corrected chi connectivity index (χ2v) is 6.41. The van der Waals surface area contributed by atoms with Crippen LogP contribution in [0, 0.1) is 0 Å². The number of ether oxygens (including phenoxy) is 3. The number of hydrogen-bond acceptors (Lipinski definition) is 6. The van der Waals surface area contributed by atoms with Gasteiger partial charge >= 0.3 is 5.97 Å². The van der Waals surface area contributed by atoms with E-state index < -0.39 is 5.97 Å². The van der Waals surface area contributed by atoms with Gasteiger partial charge < -0.3 is 24.8 Å². The van der Waals surface area contributed by atoms with E-state index in [2.05, 4.69) is 0 Å². The maximum Gasteiger partial charge on any atom is 0.338 e. The molecule has 7 heteroatoms. The van der Waals surface area contributed by atoms with Gasteiger partial charge in [-0.2, -0.15) is 0 Å². The monoisotopic (exact) mass is 384 g/mol. The molecule has 0 atom stereocenters. The quantitative estimate of drug-likeness (QED) is 0.582. The minimum absolute atomic E-state index is 0.0142. The Balaban J connectivity index is 1.52. The van der Waals surface area contributed by atoms with Crippen molar-refractivity contribution in [2.75, 3.05) is 38.6 Å². The lowest BCUT2D eigenvalue weighted by molar-refractivity contribution is -0.135. The zero-order valence-corrected chi connectivity index (χ0v) is 15.6. The lowest BCUT2D eigenvalue weighted by atomic mass is 10.2. The molecule has 1 heterocycles. The lowest BCUT2D eigenvalue weighted by Gasteiger charge is -2.26. The molecule has 1 fully saturated rings. The standard InChI is InChI=1S/C21H24N2O5/c22-18-7-6-17(21(25)28-15-16-4-2-1-3-5-16)14-19(18)27-11-8-20(24)23-9-12-26-13-10-23/h1-7,14H,8-13,15,22H2. The van der Waals surface area contributed by atoms with Gasteiger partial charge in [0.05, 0.1) is 37.5 Å². The summed E-state index contributed by atoms with van der Waals surface area (Å²) >= 11 is 0. The number of nitrogen functional groups attached to an aromatic ring is 1. The highest BCUT2D eigenvalue weighted by Gasteiger charge is 2.17. The molecular formula is C21H24N2O5. The van der Waals surface area contributed by atoms with E-state index in [1.165, 1.54) is 0 Å². The largest absolute Gasteiger partial charge is 0.491 e. The van der Waals surface area contributed by atoms with Crippen LogP contribution in [0.2, 0.25) is 0 Å². The Morgan fingerprint density at radius 1 is 1.07 bits per heavy atom. The van der Waals surface area contributed by atoms with Crippen LogP contribution in [0.1, 0.15) is 22.3 Å². The number of rotatable bonds is 7. The van der Waals surface area contributed by atoms with Crippen LogP contribution < -0.4 is 10.5 Å². The zero-order chi connectivity index (χ0) is 19.8. The molecular weight excluding hydrogens is 360 g/mol. The number of carbonyl (C=O) groups excluding carboxylic acids is 2. The predicted molar refractivity (Wildman–Crippen MR) is 104 cm³/mol. The molecule has 2 N–H and O–H groups in total. The molecule has 0 unspecified atom stereocenters. The molecule has 3 rings (SSSR count). The number of carbonyl (C=O) groups is 2. The molecule has 1 saturated heterocycles. The van der Waals surface area contributed by atoms with Crippen molar-refractivity contribution < 1.29 is 23.8 Å². The summed E-state index contributed by atoms with van der Waals surface area (Å²) in [5.41, 5.74) is 7.58. The normalized spacial score (nSPS) is 13.8. The minimum Gasteiger partial charge on any atom is -0.491 e. The van der Waals surface area contributed by atoms with Crippen molar-refractivity contribution in [2.45, 2.75) is 13.0 Å². The van der Waals surface area contributed by atoms with Crippen LogP contribution in [0.4, 0.5) is 5.69 Å². The third-order valence-electron chi connectivity index (χ3n) is 4.40. The molecule has 148 valence electrons. The lowest BCUT2D eigenvalue weighted by Crippen LogP contribution is -2.41. The van der Waals surface area contributed by atoms with Crippen molar-refractivity contribution in [2.24, 2.45) is 0 Å². The maximum atomic E-state index is 12.3. The van der Waals surface area contributed by atoms with Crippen molar-refractivity contribution in [3.8, 4) is 5.75 Å². The second kappa shape index (κ2) is 9.75. The number of hydrogen-bond donors (Lipinski definition) is 1. The highest BCUT2D eigenvalue weighted by molar-refractivity contribution is 5.90. The summed E-state index contributed by atoms with van der Waals surface area (Å²) < 4.78 is 16.2. The van der Waals surface area contributed by atoms with Gasteiger partial charge in [0.2, 0.25) is 5.91 Å². The Kier molecular flexibility index (Phi) is 6.86. The van der Waals surface area contributed by atoms with E-state index in [-0.39, 0.29) is 25.5 Å². The van der Waals surface area contributed by atoms with Crippen molar-refractivity contribution >= 4 is 17.6 Å². The molecule has 2 aromatic carbocycles. The van der Waals surface area contributed by atoms with Crippen molar-refractivity contribution in [1.29, 1.82) is 0 Å². The Bertz CT molecular complexity index is 804. The van der Waals surface area contributed by atoms with Crippen molar-refractivity contribution in [3.05, 3.63) is 59.7 Å². The molecule has 7 nitrogen and oxygen atoms in total. The predicted octanol–water partition coefficient (Wildman–Crippen LogP) is 2.25. The number of nitrogens with zero attached hydrogens (tertiary/aromatic N) is 1. The Labute approximate surface area is 164 Å². The van der Waals surface area contributed by atoms with E-state index >= 15 is 0 Å². The molecule has 0 aliphatic carbocycles. The molecule has 0 saturated carbocycles. The van der Waals surface area contributed by atoms with Crippen molar-refractivity contribution in [3.63, 3.8) is 0 Å². The van der Waals surface area contributed by atoms with Crippen LogP contribution in [-0.4, -0.2) is 49.7 Å². The fourth-order valence-corrected chi connectivity index (χ4v) is 2.81. The Hall–Kier alpha value is -3.06. The highest BCUT2D eigenvalue weighted by Crippen LogP contribution is 2.23. The van der Waals surface area contributed by atoms with Gasteiger partial charge in [0.25, 0.3) is 0 Å². The van der Waals surface area contributed by atoms with E-state index in [9.17, 15) is 9.59 Å². The molecule has 0 aromatic heterocycles. The average molecular weight is 384 g/mol. The van der Waals surface area contributed by atoms with Crippen LogP contribution in [0.3, 0.4) is 0 Å². The number of esters is 1. The third kappa shape index (κ3) is 5.47. The number of nitrogens with two attached hydrogens (primary N) is 1. The number of benzene rings is 2. The van der Waals surface area contributed by atoms with E-state index in [4.69, 9.17) is 19.9 Å².